The molecule has 2 fully saturated rings. The molecule has 0 N–H and O–H groups in total. The number of hydrogen-bond acceptors (Lipinski definition) is 6. The highest BCUT2D eigenvalue weighted by Gasteiger charge is 2.31. The predicted octanol–water partition coefficient (Wildman–Crippen LogP) is 5.35. The lowest BCUT2D eigenvalue weighted by Gasteiger charge is -2.27. The van der Waals surface area contributed by atoms with E-state index in [2.05, 4.69) is 11.8 Å². The van der Waals surface area contributed by atoms with Crippen LogP contribution in [0.15, 0.2) is 29.2 Å². The fourth-order valence-corrected chi connectivity index (χ4v) is 5.16. The van der Waals surface area contributed by atoms with Crippen LogP contribution in [0, 0.1) is 0 Å². The molecule has 0 unspecified atom stereocenters. The number of hydrogen-bond donors (Lipinski definition) is 0. The number of ether oxygens (including phenoxy) is 2. The van der Waals surface area contributed by atoms with E-state index in [-0.39, 0.29) is 5.91 Å². The molecular formula is C25H36N2O3S2. The second-order valence-corrected chi connectivity index (χ2v) is 10.0. The largest absolute Gasteiger partial charge is 0.494 e. The molecular weight excluding hydrogens is 440 g/mol. The van der Waals surface area contributed by atoms with E-state index in [4.69, 9.17) is 21.7 Å². The summed E-state index contributed by atoms with van der Waals surface area (Å²) < 4.78 is 11.9. The lowest BCUT2D eigenvalue weighted by atomic mass is 10.1. The number of benzene rings is 1. The Kier molecular flexibility index (Phi) is 11.0. The predicted molar refractivity (Wildman–Crippen MR) is 137 cm³/mol. The first kappa shape index (κ1) is 25.2. The minimum absolute atomic E-state index is 0.0189. The van der Waals surface area contributed by atoms with Gasteiger partial charge in [-0.1, -0.05) is 75.1 Å². The summed E-state index contributed by atoms with van der Waals surface area (Å²) in [5, 5.41) is 0. The van der Waals surface area contributed by atoms with Crippen LogP contribution < -0.4 is 4.74 Å². The highest BCUT2D eigenvalue weighted by atomic mass is 32.2. The average Bonchev–Trinajstić information content (AvgIpc) is 3.07. The van der Waals surface area contributed by atoms with Crippen LogP contribution in [-0.2, 0) is 9.53 Å². The fourth-order valence-electron chi connectivity index (χ4n) is 3.85. The van der Waals surface area contributed by atoms with Crippen molar-refractivity contribution in [2.75, 3.05) is 46.0 Å². The molecule has 0 saturated carbocycles. The smallest absolute Gasteiger partial charge is 0.266 e. The van der Waals surface area contributed by atoms with Crippen molar-refractivity contribution in [3.05, 3.63) is 34.7 Å². The second-order valence-electron chi connectivity index (χ2n) is 8.33. The van der Waals surface area contributed by atoms with E-state index < -0.39 is 0 Å². The highest BCUT2D eigenvalue weighted by Crippen LogP contribution is 2.32. The van der Waals surface area contributed by atoms with E-state index in [1.54, 1.807) is 4.90 Å². The van der Waals surface area contributed by atoms with Gasteiger partial charge in [0.05, 0.1) is 24.7 Å². The summed E-state index contributed by atoms with van der Waals surface area (Å²) in [6.07, 6.45) is 10.4. The zero-order chi connectivity index (χ0) is 22.6. The summed E-state index contributed by atoms with van der Waals surface area (Å²) in [5.41, 5.74) is 0.991. The first-order valence-corrected chi connectivity index (χ1v) is 13.2. The summed E-state index contributed by atoms with van der Waals surface area (Å²) in [4.78, 5) is 17.6. The van der Waals surface area contributed by atoms with Gasteiger partial charge >= 0.3 is 0 Å². The van der Waals surface area contributed by atoms with Gasteiger partial charge < -0.3 is 9.47 Å². The summed E-state index contributed by atoms with van der Waals surface area (Å²) >= 11 is 6.86. The number of amides is 1. The third-order valence-corrected chi connectivity index (χ3v) is 7.16. The molecule has 1 amide bonds. The molecule has 2 aliphatic heterocycles. The molecule has 3 rings (SSSR count). The standard InChI is InChI=1S/C25H36N2O3S2/c1-2-3-4-5-6-7-17-30-22-11-9-21(10-12-22)20-23-24(28)27(25(31)32-23)14-8-13-26-15-18-29-19-16-26/h9-12,20H,2-8,13-19H2,1H3/b23-20-. The van der Waals surface area contributed by atoms with Gasteiger partial charge in [0.25, 0.3) is 5.91 Å². The fraction of sp³-hybridized carbons (Fsp3) is 0.600. The number of thiocarbonyl (C=S) groups is 1. The number of nitrogens with zero attached hydrogens (tertiary/aromatic N) is 2. The van der Waals surface area contributed by atoms with Crippen molar-refractivity contribution in [2.24, 2.45) is 0 Å². The lowest BCUT2D eigenvalue weighted by molar-refractivity contribution is -0.122. The monoisotopic (exact) mass is 476 g/mol. The zero-order valence-electron chi connectivity index (χ0n) is 19.2. The second kappa shape index (κ2) is 14.0. The van der Waals surface area contributed by atoms with Crippen molar-refractivity contribution in [3.63, 3.8) is 0 Å². The number of rotatable bonds is 13. The molecule has 0 radical (unpaired) electrons. The number of carbonyl (C=O) groups is 1. The van der Waals surface area contributed by atoms with Gasteiger partial charge in [-0.3, -0.25) is 14.6 Å². The van der Waals surface area contributed by atoms with Crippen molar-refractivity contribution in [2.45, 2.75) is 51.9 Å². The topological polar surface area (TPSA) is 42.0 Å². The van der Waals surface area contributed by atoms with E-state index in [1.807, 2.05) is 30.3 Å². The van der Waals surface area contributed by atoms with Gasteiger partial charge in [0.15, 0.2) is 0 Å². The van der Waals surface area contributed by atoms with Gasteiger partial charge in [-0.2, -0.15) is 0 Å². The third kappa shape index (κ3) is 8.18. The van der Waals surface area contributed by atoms with Crippen molar-refractivity contribution in [3.8, 4) is 5.75 Å². The van der Waals surface area contributed by atoms with Crippen LogP contribution in [0.25, 0.3) is 6.08 Å². The third-order valence-electron chi connectivity index (χ3n) is 5.78. The normalized spacial score (nSPS) is 18.7. The quantitative estimate of drug-likeness (QED) is 0.217. The van der Waals surface area contributed by atoms with Crippen LogP contribution in [0.5, 0.6) is 5.75 Å². The van der Waals surface area contributed by atoms with Gasteiger partial charge in [0, 0.05) is 26.2 Å². The van der Waals surface area contributed by atoms with Gasteiger partial charge in [-0.25, -0.2) is 0 Å². The lowest BCUT2D eigenvalue weighted by Crippen LogP contribution is -2.38. The van der Waals surface area contributed by atoms with E-state index in [9.17, 15) is 4.79 Å². The summed E-state index contributed by atoms with van der Waals surface area (Å²) in [6, 6.07) is 7.96. The highest BCUT2D eigenvalue weighted by molar-refractivity contribution is 8.26. The minimum Gasteiger partial charge on any atom is -0.494 e. The van der Waals surface area contributed by atoms with Crippen LogP contribution in [0.2, 0.25) is 0 Å². The number of carbonyl (C=O) groups excluding carboxylic acids is 1. The van der Waals surface area contributed by atoms with Gasteiger partial charge in [-0.05, 0) is 36.6 Å². The number of unbranched alkanes of at least 4 members (excludes halogenated alkanes) is 5. The minimum atomic E-state index is 0.0189. The molecule has 0 aliphatic carbocycles. The van der Waals surface area contributed by atoms with E-state index in [1.165, 1.54) is 43.9 Å². The molecule has 176 valence electrons. The Morgan fingerprint density at radius 2 is 1.75 bits per heavy atom. The molecule has 0 spiro atoms. The van der Waals surface area contributed by atoms with Crippen LogP contribution in [-0.4, -0.2) is 66.0 Å². The van der Waals surface area contributed by atoms with Gasteiger partial charge in [0.1, 0.15) is 10.1 Å². The Bertz CT molecular complexity index is 761. The Morgan fingerprint density at radius 1 is 1.03 bits per heavy atom. The van der Waals surface area contributed by atoms with E-state index in [0.29, 0.717) is 15.8 Å². The zero-order valence-corrected chi connectivity index (χ0v) is 20.9. The molecule has 0 aromatic heterocycles. The molecule has 2 heterocycles. The van der Waals surface area contributed by atoms with Crippen molar-refractivity contribution >= 4 is 40.3 Å². The van der Waals surface area contributed by atoms with Crippen LogP contribution in [0.4, 0.5) is 0 Å². The number of morpholine rings is 1. The van der Waals surface area contributed by atoms with Crippen LogP contribution in [0.3, 0.4) is 0 Å². The Balaban J connectivity index is 1.41. The van der Waals surface area contributed by atoms with Gasteiger partial charge in [0.2, 0.25) is 0 Å². The molecule has 1 aromatic rings. The molecule has 5 nitrogen and oxygen atoms in total. The SMILES string of the molecule is CCCCCCCCOc1ccc(/C=C2\SC(=S)N(CCCN3CCOCC3)C2=O)cc1. The molecule has 0 bridgehead atoms. The molecule has 1 aromatic carbocycles. The van der Waals surface area contributed by atoms with E-state index >= 15 is 0 Å². The molecule has 32 heavy (non-hydrogen) atoms. The van der Waals surface area contributed by atoms with E-state index in [0.717, 1.165) is 63.6 Å². The first-order valence-electron chi connectivity index (χ1n) is 12.0. The maximum Gasteiger partial charge on any atom is 0.266 e. The molecule has 7 heteroatoms. The summed E-state index contributed by atoms with van der Waals surface area (Å²) in [7, 11) is 0. The molecule has 0 atom stereocenters. The summed E-state index contributed by atoms with van der Waals surface area (Å²) in [5.74, 6) is 0.900. The van der Waals surface area contributed by atoms with Crippen molar-refractivity contribution in [1.82, 2.24) is 9.80 Å². The Morgan fingerprint density at radius 3 is 2.50 bits per heavy atom. The summed E-state index contributed by atoms with van der Waals surface area (Å²) in [6.45, 7) is 8.17. The van der Waals surface area contributed by atoms with Crippen molar-refractivity contribution < 1.29 is 14.3 Å². The molecule has 2 saturated heterocycles. The van der Waals surface area contributed by atoms with Crippen molar-refractivity contribution in [1.29, 1.82) is 0 Å². The van der Waals surface area contributed by atoms with Gasteiger partial charge in [-0.15, -0.1) is 0 Å². The van der Waals surface area contributed by atoms with Crippen LogP contribution >= 0.6 is 24.0 Å². The first-order chi connectivity index (χ1) is 15.7. The Hall–Kier alpha value is -1.41. The molecule has 2 aliphatic rings. The maximum absolute atomic E-state index is 12.8. The Labute approximate surface area is 202 Å². The van der Waals surface area contributed by atoms with Crippen LogP contribution in [0.1, 0.15) is 57.4 Å². The number of thioether (sulfide) groups is 1. The average molecular weight is 477 g/mol. The maximum atomic E-state index is 12.8.